The van der Waals surface area contributed by atoms with Crippen LogP contribution in [0.2, 0.25) is 0 Å². The summed E-state index contributed by atoms with van der Waals surface area (Å²) in [6.45, 7) is 3.92. The lowest BCUT2D eigenvalue weighted by molar-refractivity contribution is 0.452. The number of aromatic amines is 1. The summed E-state index contributed by atoms with van der Waals surface area (Å²) in [5.74, 6) is 0.243. The third-order valence-corrected chi connectivity index (χ3v) is 5.35. The van der Waals surface area contributed by atoms with Crippen molar-refractivity contribution in [3.8, 4) is 0 Å². The molecule has 7 heteroatoms. The van der Waals surface area contributed by atoms with Gasteiger partial charge in [0.1, 0.15) is 4.90 Å². The lowest BCUT2D eigenvalue weighted by Crippen LogP contribution is -2.40. The van der Waals surface area contributed by atoms with Crippen molar-refractivity contribution in [3.63, 3.8) is 0 Å². The average molecular weight is 272 g/mol. The summed E-state index contributed by atoms with van der Waals surface area (Å²) in [5.41, 5.74) is 6.74. The fourth-order valence-electron chi connectivity index (χ4n) is 2.67. The standard InChI is InChI=1S/C11H20N4O2S/c1-7-11(8(2)14-13-7)18(16,17)15-10-5-3-4-9(10)6-12/h9-10,15H,3-6,12H2,1-2H3,(H,13,14)/t9-,10+/m0/s1. The second kappa shape index (κ2) is 4.99. The van der Waals surface area contributed by atoms with Gasteiger partial charge in [-0.1, -0.05) is 6.42 Å². The molecule has 1 aliphatic carbocycles. The van der Waals surface area contributed by atoms with Crippen molar-refractivity contribution in [3.05, 3.63) is 11.4 Å². The second-order valence-electron chi connectivity index (χ2n) is 4.92. The normalized spacial score (nSPS) is 24.6. The van der Waals surface area contributed by atoms with Crippen molar-refractivity contribution in [2.24, 2.45) is 11.7 Å². The molecular formula is C11H20N4O2S. The molecule has 0 saturated heterocycles. The summed E-state index contributed by atoms with van der Waals surface area (Å²) in [6, 6.07) is -0.0475. The average Bonchev–Trinajstić information content (AvgIpc) is 2.85. The Bertz CT molecular complexity index is 504. The van der Waals surface area contributed by atoms with Gasteiger partial charge in [-0.3, -0.25) is 5.10 Å². The van der Waals surface area contributed by atoms with Crippen molar-refractivity contribution in [2.45, 2.75) is 44.0 Å². The van der Waals surface area contributed by atoms with Gasteiger partial charge in [0.05, 0.1) is 11.4 Å². The van der Waals surface area contributed by atoms with E-state index < -0.39 is 10.0 Å². The van der Waals surface area contributed by atoms with Gasteiger partial charge < -0.3 is 5.73 Å². The molecule has 1 heterocycles. The predicted molar refractivity (Wildman–Crippen MR) is 68.6 cm³/mol. The number of hydrogen-bond acceptors (Lipinski definition) is 4. The number of hydrogen-bond donors (Lipinski definition) is 3. The first-order valence-electron chi connectivity index (χ1n) is 6.19. The fourth-order valence-corrected chi connectivity index (χ4v) is 4.38. The van der Waals surface area contributed by atoms with Crippen molar-refractivity contribution in [2.75, 3.05) is 6.54 Å². The largest absolute Gasteiger partial charge is 0.330 e. The van der Waals surface area contributed by atoms with Crippen LogP contribution in [0.1, 0.15) is 30.7 Å². The first kappa shape index (κ1) is 13.5. The maximum atomic E-state index is 12.3. The smallest absolute Gasteiger partial charge is 0.244 e. The first-order chi connectivity index (χ1) is 8.45. The van der Waals surface area contributed by atoms with E-state index in [2.05, 4.69) is 14.9 Å². The lowest BCUT2D eigenvalue weighted by atomic mass is 10.1. The van der Waals surface area contributed by atoms with Gasteiger partial charge >= 0.3 is 0 Å². The molecule has 4 N–H and O–H groups in total. The topological polar surface area (TPSA) is 101 Å². The van der Waals surface area contributed by atoms with Crippen LogP contribution in [0.4, 0.5) is 0 Å². The van der Waals surface area contributed by atoms with Crippen LogP contribution in [0.3, 0.4) is 0 Å². The maximum absolute atomic E-state index is 12.3. The Morgan fingerprint density at radius 1 is 1.44 bits per heavy atom. The number of nitrogens with two attached hydrogens (primary N) is 1. The highest BCUT2D eigenvalue weighted by molar-refractivity contribution is 7.89. The quantitative estimate of drug-likeness (QED) is 0.740. The number of aryl methyl sites for hydroxylation is 2. The van der Waals surface area contributed by atoms with Crippen LogP contribution in [0.5, 0.6) is 0 Å². The molecule has 1 aromatic rings. The molecular weight excluding hydrogens is 252 g/mol. The molecule has 0 radical (unpaired) electrons. The molecule has 0 unspecified atom stereocenters. The minimum Gasteiger partial charge on any atom is -0.330 e. The highest BCUT2D eigenvalue weighted by Gasteiger charge is 2.32. The van der Waals surface area contributed by atoms with Gasteiger partial charge in [-0.15, -0.1) is 0 Å². The second-order valence-corrected chi connectivity index (χ2v) is 6.57. The summed E-state index contributed by atoms with van der Waals surface area (Å²) in [4.78, 5) is 0.269. The van der Waals surface area contributed by atoms with Gasteiger partial charge in [0.25, 0.3) is 0 Å². The van der Waals surface area contributed by atoms with Crippen LogP contribution in [0, 0.1) is 19.8 Å². The van der Waals surface area contributed by atoms with Gasteiger partial charge in [0.15, 0.2) is 0 Å². The predicted octanol–water partition coefficient (Wildman–Crippen LogP) is 0.432. The van der Waals surface area contributed by atoms with E-state index in [0.717, 1.165) is 19.3 Å². The highest BCUT2D eigenvalue weighted by atomic mass is 32.2. The Hall–Kier alpha value is -0.920. The lowest BCUT2D eigenvalue weighted by Gasteiger charge is -2.19. The third-order valence-electron chi connectivity index (χ3n) is 3.60. The Balaban J connectivity index is 2.23. The van der Waals surface area contributed by atoms with Gasteiger partial charge in [0, 0.05) is 6.04 Å². The SMILES string of the molecule is Cc1n[nH]c(C)c1S(=O)(=O)N[C@@H]1CCC[C@H]1CN. The van der Waals surface area contributed by atoms with Gasteiger partial charge in [-0.05, 0) is 39.2 Å². The van der Waals surface area contributed by atoms with E-state index in [1.54, 1.807) is 13.8 Å². The zero-order valence-electron chi connectivity index (χ0n) is 10.7. The number of H-pyrrole nitrogens is 1. The number of nitrogens with zero attached hydrogens (tertiary/aromatic N) is 1. The van der Waals surface area contributed by atoms with E-state index in [9.17, 15) is 8.42 Å². The van der Waals surface area contributed by atoms with E-state index in [4.69, 9.17) is 5.73 Å². The van der Waals surface area contributed by atoms with Gasteiger partial charge in [-0.25, -0.2) is 13.1 Å². The molecule has 1 saturated carbocycles. The van der Waals surface area contributed by atoms with E-state index >= 15 is 0 Å². The molecule has 0 bridgehead atoms. The number of nitrogens with one attached hydrogen (secondary N) is 2. The molecule has 0 aromatic carbocycles. The Labute approximate surface area is 107 Å². The van der Waals surface area contributed by atoms with Crippen molar-refractivity contribution >= 4 is 10.0 Å². The van der Waals surface area contributed by atoms with Crippen molar-refractivity contribution < 1.29 is 8.42 Å². The van der Waals surface area contributed by atoms with Crippen LogP contribution < -0.4 is 10.5 Å². The van der Waals surface area contributed by atoms with Gasteiger partial charge in [0.2, 0.25) is 10.0 Å². The highest BCUT2D eigenvalue weighted by Crippen LogP contribution is 2.27. The maximum Gasteiger partial charge on any atom is 0.244 e. The monoisotopic (exact) mass is 272 g/mol. The third kappa shape index (κ3) is 2.43. The fraction of sp³-hybridized carbons (Fsp3) is 0.727. The first-order valence-corrected chi connectivity index (χ1v) is 7.68. The molecule has 0 aliphatic heterocycles. The van der Waals surface area contributed by atoms with Crippen molar-refractivity contribution in [1.82, 2.24) is 14.9 Å². The molecule has 1 aliphatic rings. The molecule has 18 heavy (non-hydrogen) atoms. The summed E-state index contributed by atoms with van der Waals surface area (Å²) in [7, 11) is -3.50. The number of sulfonamides is 1. The van der Waals surface area contributed by atoms with Crippen LogP contribution >= 0.6 is 0 Å². The Morgan fingerprint density at radius 2 is 2.17 bits per heavy atom. The Kier molecular flexibility index (Phi) is 3.74. The van der Waals surface area contributed by atoms with Crippen LogP contribution in [0.25, 0.3) is 0 Å². The van der Waals surface area contributed by atoms with E-state index in [1.165, 1.54) is 0 Å². The molecule has 6 nitrogen and oxygen atoms in total. The van der Waals surface area contributed by atoms with Crippen LogP contribution in [-0.4, -0.2) is 31.2 Å². The zero-order chi connectivity index (χ0) is 13.3. The van der Waals surface area contributed by atoms with Crippen molar-refractivity contribution in [1.29, 1.82) is 0 Å². The summed E-state index contributed by atoms with van der Waals surface area (Å²) in [5, 5.41) is 6.63. The minimum absolute atomic E-state index is 0.0475. The van der Waals surface area contributed by atoms with E-state index in [1.807, 2.05) is 0 Å². The van der Waals surface area contributed by atoms with Crippen LogP contribution in [0.15, 0.2) is 4.90 Å². The van der Waals surface area contributed by atoms with E-state index in [-0.39, 0.29) is 16.9 Å². The molecule has 1 aromatic heterocycles. The molecule has 1 fully saturated rings. The zero-order valence-corrected chi connectivity index (χ0v) is 11.5. The number of rotatable bonds is 4. The summed E-state index contributed by atoms with van der Waals surface area (Å²) in [6.07, 6.45) is 2.88. The van der Waals surface area contributed by atoms with E-state index in [0.29, 0.717) is 17.9 Å². The Morgan fingerprint density at radius 3 is 2.72 bits per heavy atom. The van der Waals surface area contributed by atoms with Gasteiger partial charge in [-0.2, -0.15) is 5.10 Å². The molecule has 102 valence electrons. The molecule has 0 amide bonds. The summed E-state index contributed by atoms with van der Waals surface area (Å²) >= 11 is 0. The van der Waals surface area contributed by atoms with Crippen LogP contribution in [-0.2, 0) is 10.0 Å². The number of aromatic nitrogens is 2. The summed E-state index contributed by atoms with van der Waals surface area (Å²) < 4.78 is 27.5. The molecule has 2 atom stereocenters. The molecule has 0 spiro atoms. The molecule has 2 rings (SSSR count). The minimum atomic E-state index is -3.50.